The minimum atomic E-state index is -3.73. The van der Waals surface area contributed by atoms with Gasteiger partial charge >= 0.3 is 0 Å². The Bertz CT molecular complexity index is 893. The zero-order valence-corrected chi connectivity index (χ0v) is 15.7. The van der Waals surface area contributed by atoms with E-state index in [0.29, 0.717) is 5.75 Å². The minimum absolute atomic E-state index is 0.137. The topological polar surface area (TPSA) is 88.1 Å². The smallest absolute Gasteiger partial charge is 0.255 e. The molecule has 0 bridgehead atoms. The fourth-order valence-electron chi connectivity index (χ4n) is 2.11. The highest BCUT2D eigenvalue weighted by molar-refractivity contribution is 7.89. The van der Waals surface area contributed by atoms with Gasteiger partial charge in [0, 0.05) is 7.05 Å². The largest absolute Gasteiger partial charge is 0.497 e. The number of methoxy groups -OCH3 is 1. The maximum atomic E-state index is 12.4. The van der Waals surface area contributed by atoms with Gasteiger partial charge in [0.05, 0.1) is 24.8 Å². The number of aryl methyl sites for hydroxylation is 1. The molecule has 0 spiro atoms. The number of sulfonamides is 1. The molecule has 2 aromatic carbocycles. The van der Waals surface area contributed by atoms with E-state index >= 15 is 0 Å². The Hall–Kier alpha value is -2.71. The molecule has 1 N–H and O–H groups in total. The van der Waals surface area contributed by atoms with E-state index in [4.69, 9.17) is 4.74 Å². The van der Waals surface area contributed by atoms with Crippen molar-refractivity contribution in [1.82, 2.24) is 9.73 Å². The molecule has 26 heavy (non-hydrogen) atoms. The van der Waals surface area contributed by atoms with E-state index in [1.54, 1.807) is 43.5 Å². The summed E-state index contributed by atoms with van der Waals surface area (Å²) in [6.45, 7) is 1.53. The summed E-state index contributed by atoms with van der Waals surface area (Å²) in [7, 11) is -0.827. The Morgan fingerprint density at radius 3 is 2.58 bits per heavy atom. The maximum Gasteiger partial charge on any atom is 0.255 e. The van der Waals surface area contributed by atoms with Crippen molar-refractivity contribution in [2.24, 2.45) is 5.10 Å². The second-order valence-corrected chi connectivity index (χ2v) is 7.69. The molecule has 0 atom stereocenters. The minimum Gasteiger partial charge on any atom is -0.497 e. The van der Waals surface area contributed by atoms with Crippen LogP contribution in [0.15, 0.2) is 58.5 Å². The average molecular weight is 375 g/mol. The van der Waals surface area contributed by atoms with Crippen LogP contribution in [0.5, 0.6) is 5.75 Å². The van der Waals surface area contributed by atoms with Crippen molar-refractivity contribution in [3.05, 3.63) is 59.7 Å². The van der Waals surface area contributed by atoms with E-state index in [1.165, 1.54) is 25.4 Å². The predicted molar refractivity (Wildman–Crippen MR) is 99.7 cm³/mol. The van der Waals surface area contributed by atoms with Crippen LogP contribution in [0.2, 0.25) is 0 Å². The summed E-state index contributed by atoms with van der Waals surface area (Å²) in [6, 6.07) is 13.6. The van der Waals surface area contributed by atoms with Crippen LogP contribution in [-0.2, 0) is 14.8 Å². The summed E-state index contributed by atoms with van der Waals surface area (Å²) in [5, 5.41) is 3.83. The molecule has 8 heteroatoms. The van der Waals surface area contributed by atoms with Crippen LogP contribution in [0.1, 0.15) is 11.1 Å². The van der Waals surface area contributed by atoms with Crippen molar-refractivity contribution in [2.45, 2.75) is 11.8 Å². The highest BCUT2D eigenvalue weighted by atomic mass is 32.2. The van der Waals surface area contributed by atoms with E-state index in [0.717, 1.165) is 15.4 Å². The molecule has 0 aliphatic rings. The van der Waals surface area contributed by atoms with Crippen LogP contribution in [-0.4, -0.2) is 45.5 Å². The average Bonchev–Trinajstić information content (AvgIpc) is 2.62. The summed E-state index contributed by atoms with van der Waals surface area (Å²) in [4.78, 5) is 12.1. The summed E-state index contributed by atoms with van der Waals surface area (Å²) in [5.74, 6) is 0.131. The first-order chi connectivity index (χ1) is 12.3. The monoisotopic (exact) mass is 375 g/mol. The van der Waals surface area contributed by atoms with Crippen molar-refractivity contribution in [3.8, 4) is 5.75 Å². The van der Waals surface area contributed by atoms with Gasteiger partial charge in [0.15, 0.2) is 0 Å². The second-order valence-electron chi connectivity index (χ2n) is 5.64. The SMILES string of the molecule is COc1cccc(/C=N\NC(=O)CN(C)S(=O)(=O)c2ccc(C)cc2)c1. The molecule has 0 fully saturated rings. The number of carbonyl (C=O) groups excluding carboxylic acids is 1. The fourth-order valence-corrected chi connectivity index (χ4v) is 3.24. The van der Waals surface area contributed by atoms with Crippen molar-refractivity contribution >= 4 is 22.1 Å². The standard InChI is InChI=1S/C18H21N3O4S/c1-14-7-9-17(10-8-14)26(23,24)21(2)13-18(22)20-19-12-15-5-4-6-16(11-15)25-3/h4-12H,13H2,1-3H3,(H,20,22)/b19-12-. The first-order valence-corrected chi connectivity index (χ1v) is 9.26. The van der Waals surface area contributed by atoms with Crippen LogP contribution in [0, 0.1) is 6.92 Å². The highest BCUT2D eigenvalue weighted by Crippen LogP contribution is 2.14. The van der Waals surface area contributed by atoms with E-state index < -0.39 is 15.9 Å². The number of hydrogen-bond donors (Lipinski definition) is 1. The van der Waals surface area contributed by atoms with Crippen LogP contribution in [0.4, 0.5) is 0 Å². The van der Waals surface area contributed by atoms with Crippen molar-refractivity contribution in [3.63, 3.8) is 0 Å². The number of hydrazone groups is 1. The third kappa shape index (κ3) is 5.14. The summed E-state index contributed by atoms with van der Waals surface area (Å²) in [5.41, 5.74) is 4.01. The Balaban J connectivity index is 1.96. The van der Waals surface area contributed by atoms with Crippen molar-refractivity contribution in [1.29, 1.82) is 0 Å². The van der Waals surface area contributed by atoms with Crippen LogP contribution < -0.4 is 10.2 Å². The maximum absolute atomic E-state index is 12.4. The molecule has 1 amide bonds. The number of ether oxygens (including phenoxy) is 1. The van der Waals surface area contributed by atoms with Crippen LogP contribution in [0.3, 0.4) is 0 Å². The zero-order valence-electron chi connectivity index (χ0n) is 14.8. The van der Waals surface area contributed by atoms with E-state index in [2.05, 4.69) is 10.5 Å². The number of nitrogens with one attached hydrogen (secondary N) is 1. The molecule has 0 aromatic heterocycles. The van der Waals surface area contributed by atoms with Crippen LogP contribution >= 0.6 is 0 Å². The van der Waals surface area contributed by atoms with Crippen LogP contribution in [0.25, 0.3) is 0 Å². The lowest BCUT2D eigenvalue weighted by Crippen LogP contribution is -2.36. The van der Waals surface area contributed by atoms with Gasteiger partial charge in [-0.3, -0.25) is 4.79 Å². The first kappa shape index (κ1) is 19.6. The molecule has 0 unspecified atom stereocenters. The van der Waals surface area contributed by atoms with E-state index in [-0.39, 0.29) is 11.4 Å². The fraction of sp³-hybridized carbons (Fsp3) is 0.222. The number of hydrogen-bond acceptors (Lipinski definition) is 5. The van der Waals surface area contributed by atoms with Gasteiger partial charge in [0.1, 0.15) is 5.75 Å². The Kier molecular flexibility index (Phi) is 6.48. The molecule has 2 aromatic rings. The molecule has 0 saturated heterocycles. The van der Waals surface area contributed by atoms with Crippen molar-refractivity contribution in [2.75, 3.05) is 20.7 Å². The molecule has 0 heterocycles. The Labute approximate surface area is 153 Å². The Morgan fingerprint density at radius 2 is 1.92 bits per heavy atom. The molecule has 0 radical (unpaired) electrons. The number of likely N-dealkylation sites (N-methyl/N-ethyl adjacent to an activating group) is 1. The molecule has 7 nitrogen and oxygen atoms in total. The van der Waals surface area contributed by atoms with Crippen molar-refractivity contribution < 1.29 is 17.9 Å². The van der Waals surface area contributed by atoms with Gasteiger partial charge in [-0.2, -0.15) is 9.41 Å². The second kappa shape index (κ2) is 8.59. The summed E-state index contributed by atoms with van der Waals surface area (Å²) < 4.78 is 31.0. The number of amides is 1. The third-order valence-electron chi connectivity index (χ3n) is 3.59. The predicted octanol–water partition coefficient (Wildman–Crippen LogP) is 1.77. The van der Waals surface area contributed by atoms with Gasteiger partial charge in [-0.05, 0) is 36.8 Å². The normalized spacial score (nSPS) is 11.7. The number of benzene rings is 2. The molecule has 0 saturated carbocycles. The molecule has 0 aliphatic heterocycles. The Morgan fingerprint density at radius 1 is 1.23 bits per heavy atom. The van der Waals surface area contributed by atoms with Gasteiger partial charge in [0.25, 0.3) is 5.91 Å². The highest BCUT2D eigenvalue weighted by Gasteiger charge is 2.22. The quantitative estimate of drug-likeness (QED) is 0.590. The molecule has 2 rings (SSSR count). The van der Waals surface area contributed by atoms with E-state index in [9.17, 15) is 13.2 Å². The van der Waals surface area contributed by atoms with Gasteiger partial charge in [-0.25, -0.2) is 13.8 Å². The lowest BCUT2D eigenvalue weighted by Gasteiger charge is -2.16. The molecular weight excluding hydrogens is 354 g/mol. The van der Waals surface area contributed by atoms with Gasteiger partial charge in [-0.1, -0.05) is 29.8 Å². The number of nitrogens with zero attached hydrogens (tertiary/aromatic N) is 2. The first-order valence-electron chi connectivity index (χ1n) is 7.82. The molecular formula is C18H21N3O4S. The summed E-state index contributed by atoms with van der Waals surface area (Å²) >= 11 is 0. The van der Waals surface area contributed by atoms with Gasteiger partial charge in [-0.15, -0.1) is 0 Å². The third-order valence-corrected chi connectivity index (χ3v) is 5.41. The lowest BCUT2D eigenvalue weighted by atomic mass is 10.2. The summed E-state index contributed by atoms with van der Waals surface area (Å²) in [6.07, 6.45) is 1.45. The molecule has 138 valence electrons. The van der Waals surface area contributed by atoms with Gasteiger partial charge < -0.3 is 4.74 Å². The number of rotatable bonds is 7. The molecule has 0 aliphatic carbocycles. The van der Waals surface area contributed by atoms with E-state index in [1.807, 2.05) is 6.92 Å². The zero-order chi connectivity index (χ0) is 19.2. The van der Waals surface area contributed by atoms with Gasteiger partial charge in [0.2, 0.25) is 10.0 Å². The lowest BCUT2D eigenvalue weighted by molar-refractivity contribution is -0.121. The number of carbonyl (C=O) groups is 1.